The molecule has 3 rings (SSSR count). The van der Waals surface area contributed by atoms with E-state index in [1.54, 1.807) is 24.3 Å². The minimum atomic E-state index is -1.06. The minimum absolute atomic E-state index is 0.00666. The molecule has 37 heavy (non-hydrogen) atoms. The van der Waals surface area contributed by atoms with Crippen molar-refractivity contribution in [3.8, 4) is 5.75 Å². The van der Waals surface area contributed by atoms with Crippen LogP contribution in [0.1, 0.15) is 64.5 Å². The van der Waals surface area contributed by atoms with Gasteiger partial charge in [0.2, 0.25) is 5.91 Å². The number of hydrogen-bond donors (Lipinski definition) is 3. The van der Waals surface area contributed by atoms with Gasteiger partial charge in [-0.2, -0.15) is 4.37 Å². The van der Waals surface area contributed by atoms with Crippen molar-refractivity contribution in [3.05, 3.63) is 70.2 Å². The molecule has 1 heterocycles. The second-order valence-electron chi connectivity index (χ2n) is 9.00. The van der Waals surface area contributed by atoms with Crippen LogP contribution >= 0.6 is 11.5 Å². The van der Waals surface area contributed by atoms with Crippen LogP contribution in [0.5, 0.6) is 5.75 Å². The van der Waals surface area contributed by atoms with Gasteiger partial charge in [0.1, 0.15) is 16.7 Å². The Morgan fingerprint density at radius 3 is 2.38 bits per heavy atom. The van der Waals surface area contributed by atoms with Crippen molar-refractivity contribution >= 4 is 40.6 Å². The highest BCUT2D eigenvalue weighted by Crippen LogP contribution is 2.38. The van der Waals surface area contributed by atoms with Gasteiger partial charge in [-0.1, -0.05) is 55.8 Å². The lowest BCUT2D eigenvalue weighted by molar-refractivity contribution is -0.122. The van der Waals surface area contributed by atoms with E-state index >= 15 is 0 Å². The van der Waals surface area contributed by atoms with Crippen molar-refractivity contribution in [2.45, 2.75) is 40.2 Å². The third-order valence-electron chi connectivity index (χ3n) is 5.72. The zero-order valence-corrected chi connectivity index (χ0v) is 22.3. The number of rotatable bonds is 11. The van der Waals surface area contributed by atoms with Gasteiger partial charge in [0.25, 0.3) is 11.8 Å². The molecule has 0 aliphatic rings. The van der Waals surface area contributed by atoms with Gasteiger partial charge in [-0.05, 0) is 55.4 Å². The number of hydrogen-bond acceptors (Lipinski definition) is 7. The van der Waals surface area contributed by atoms with Gasteiger partial charge in [-0.3, -0.25) is 19.3 Å². The highest BCUT2D eigenvalue weighted by Gasteiger charge is 2.37. The Morgan fingerprint density at radius 1 is 1.11 bits per heavy atom. The van der Waals surface area contributed by atoms with E-state index in [0.717, 1.165) is 23.5 Å². The SMILES string of the molecule is CCOc1ccccc1N(C(=O)c1snc(C(N)=O)c1N)[C@@H](C(=O)NCCC(C)C)c1ccc(C)cc1. The molecule has 0 bridgehead atoms. The van der Waals surface area contributed by atoms with Crippen LogP contribution in [-0.2, 0) is 4.79 Å². The van der Waals surface area contributed by atoms with Crippen LogP contribution in [-0.4, -0.2) is 35.2 Å². The van der Waals surface area contributed by atoms with Crippen LogP contribution in [0.15, 0.2) is 48.5 Å². The maximum Gasteiger partial charge on any atom is 0.273 e. The smallest absolute Gasteiger partial charge is 0.273 e. The molecule has 3 aromatic rings. The zero-order chi connectivity index (χ0) is 27.1. The number of nitrogens with zero attached hydrogens (tertiary/aromatic N) is 2. The molecule has 196 valence electrons. The number of para-hydroxylation sites is 2. The van der Waals surface area contributed by atoms with E-state index < -0.39 is 17.9 Å². The van der Waals surface area contributed by atoms with Crippen molar-refractivity contribution in [2.75, 3.05) is 23.8 Å². The fourth-order valence-corrected chi connectivity index (χ4v) is 4.53. The molecule has 9 nitrogen and oxygen atoms in total. The Morgan fingerprint density at radius 2 is 1.78 bits per heavy atom. The fourth-order valence-electron chi connectivity index (χ4n) is 3.79. The summed E-state index contributed by atoms with van der Waals surface area (Å²) < 4.78 is 9.82. The Balaban J connectivity index is 2.21. The van der Waals surface area contributed by atoms with E-state index in [2.05, 4.69) is 23.5 Å². The number of nitrogen functional groups attached to an aromatic ring is 1. The number of aromatic nitrogens is 1. The normalized spacial score (nSPS) is 11.7. The Bertz CT molecular complexity index is 1260. The van der Waals surface area contributed by atoms with Crippen LogP contribution in [0.25, 0.3) is 0 Å². The quantitative estimate of drug-likeness (QED) is 0.346. The van der Waals surface area contributed by atoms with Crippen LogP contribution in [0.3, 0.4) is 0 Å². The molecular weight excluding hydrogens is 490 g/mol. The number of carbonyl (C=O) groups is 3. The van der Waals surface area contributed by atoms with Crippen LogP contribution in [0, 0.1) is 12.8 Å². The standard InChI is InChI=1S/C27H33N5O4S/c1-5-36-20-9-7-6-8-19(20)32(27(35)24-21(28)22(25(29)33)31-37-24)23(18-12-10-17(4)11-13-18)26(34)30-15-14-16(2)3/h6-13,16,23H,5,14-15,28H2,1-4H3,(H2,29,33)(H,30,34)/t23-/m1/s1. The summed E-state index contributed by atoms with van der Waals surface area (Å²) in [5.41, 5.74) is 13.2. The number of aryl methyl sites for hydroxylation is 1. The number of benzene rings is 2. The lowest BCUT2D eigenvalue weighted by Crippen LogP contribution is -2.44. The lowest BCUT2D eigenvalue weighted by atomic mass is 10.0. The second kappa shape index (κ2) is 12.4. The average molecular weight is 524 g/mol. The average Bonchev–Trinajstić information content (AvgIpc) is 3.25. The molecule has 3 amide bonds. The summed E-state index contributed by atoms with van der Waals surface area (Å²) in [5.74, 6) is -0.986. The number of nitrogens with two attached hydrogens (primary N) is 2. The first kappa shape index (κ1) is 27.7. The number of ether oxygens (including phenoxy) is 1. The maximum atomic E-state index is 14.2. The van der Waals surface area contributed by atoms with E-state index in [-0.39, 0.29) is 22.2 Å². The Kier molecular flexibility index (Phi) is 9.24. The van der Waals surface area contributed by atoms with Gasteiger partial charge in [0.15, 0.2) is 5.69 Å². The van der Waals surface area contributed by atoms with Crippen molar-refractivity contribution in [1.29, 1.82) is 0 Å². The zero-order valence-electron chi connectivity index (χ0n) is 21.5. The third kappa shape index (κ3) is 6.45. The predicted molar refractivity (Wildman–Crippen MR) is 146 cm³/mol. The van der Waals surface area contributed by atoms with Gasteiger partial charge < -0.3 is 21.5 Å². The molecule has 2 aromatic carbocycles. The number of primary amides is 1. The van der Waals surface area contributed by atoms with Crippen molar-refractivity contribution in [1.82, 2.24) is 9.69 Å². The van der Waals surface area contributed by atoms with Crippen molar-refractivity contribution in [2.24, 2.45) is 11.7 Å². The van der Waals surface area contributed by atoms with Crippen LogP contribution in [0.4, 0.5) is 11.4 Å². The monoisotopic (exact) mass is 523 g/mol. The molecule has 1 aromatic heterocycles. The van der Waals surface area contributed by atoms with Gasteiger partial charge in [-0.25, -0.2) is 0 Å². The first-order valence-electron chi connectivity index (χ1n) is 12.1. The Hall–Kier alpha value is -3.92. The molecular formula is C27H33N5O4S. The molecule has 0 radical (unpaired) electrons. The highest BCUT2D eigenvalue weighted by atomic mass is 32.1. The van der Waals surface area contributed by atoms with Crippen LogP contribution in [0.2, 0.25) is 0 Å². The second-order valence-corrected chi connectivity index (χ2v) is 9.77. The van der Waals surface area contributed by atoms with Gasteiger partial charge >= 0.3 is 0 Å². The largest absolute Gasteiger partial charge is 0.492 e. The number of anilines is 2. The first-order valence-corrected chi connectivity index (χ1v) is 12.9. The summed E-state index contributed by atoms with van der Waals surface area (Å²) in [6, 6.07) is 13.3. The lowest BCUT2D eigenvalue weighted by Gasteiger charge is -2.32. The van der Waals surface area contributed by atoms with Crippen molar-refractivity contribution in [3.63, 3.8) is 0 Å². The number of amides is 3. The molecule has 0 saturated carbocycles. The molecule has 0 aliphatic carbocycles. The summed E-state index contributed by atoms with van der Waals surface area (Å²) in [5, 5.41) is 2.98. The summed E-state index contributed by atoms with van der Waals surface area (Å²) in [6.45, 7) is 8.71. The van der Waals surface area contributed by atoms with E-state index in [0.29, 0.717) is 36.1 Å². The molecule has 0 unspecified atom stereocenters. The van der Waals surface area contributed by atoms with Crippen molar-refractivity contribution < 1.29 is 19.1 Å². The summed E-state index contributed by atoms with van der Waals surface area (Å²) in [6.07, 6.45) is 0.777. The number of carbonyl (C=O) groups excluding carboxylic acids is 3. The highest BCUT2D eigenvalue weighted by molar-refractivity contribution is 7.09. The maximum absolute atomic E-state index is 14.2. The predicted octanol–water partition coefficient (Wildman–Crippen LogP) is 4.08. The Labute approximate surface area is 221 Å². The molecule has 10 heteroatoms. The molecule has 0 aliphatic heterocycles. The fraction of sp³-hybridized carbons (Fsp3) is 0.333. The third-order valence-corrected chi connectivity index (χ3v) is 6.57. The summed E-state index contributed by atoms with van der Waals surface area (Å²) in [7, 11) is 0. The van der Waals surface area contributed by atoms with Gasteiger partial charge in [0.05, 0.1) is 18.0 Å². The number of nitrogens with one attached hydrogen (secondary N) is 1. The van der Waals surface area contributed by atoms with Crippen LogP contribution < -0.4 is 26.4 Å². The summed E-state index contributed by atoms with van der Waals surface area (Å²) in [4.78, 5) is 41.1. The molecule has 1 atom stereocenters. The van der Waals surface area contributed by atoms with E-state index in [4.69, 9.17) is 16.2 Å². The van der Waals surface area contributed by atoms with E-state index in [1.165, 1.54) is 4.90 Å². The molecule has 0 spiro atoms. The van der Waals surface area contributed by atoms with Gasteiger partial charge in [-0.15, -0.1) is 0 Å². The topological polar surface area (TPSA) is 141 Å². The minimum Gasteiger partial charge on any atom is -0.492 e. The van der Waals surface area contributed by atoms with Gasteiger partial charge in [0, 0.05) is 6.54 Å². The van der Waals surface area contributed by atoms with E-state index in [9.17, 15) is 14.4 Å². The molecule has 0 saturated heterocycles. The first-order chi connectivity index (χ1) is 17.6. The molecule has 0 fully saturated rings. The molecule has 5 N–H and O–H groups in total. The summed E-state index contributed by atoms with van der Waals surface area (Å²) >= 11 is 0.764. The van der Waals surface area contributed by atoms with E-state index in [1.807, 2.05) is 38.1 Å².